The first-order valence-corrected chi connectivity index (χ1v) is 10.8. The van der Waals surface area contributed by atoms with E-state index in [4.69, 9.17) is 4.99 Å². The van der Waals surface area contributed by atoms with Crippen LogP contribution in [0.4, 0.5) is 0 Å². The van der Waals surface area contributed by atoms with Gasteiger partial charge in [-0.1, -0.05) is 35.0 Å². The van der Waals surface area contributed by atoms with Gasteiger partial charge in [0, 0.05) is 29.7 Å². The van der Waals surface area contributed by atoms with Gasteiger partial charge < -0.3 is 9.80 Å². The largest absolute Gasteiger partial charge is 0.334 e. The van der Waals surface area contributed by atoms with Crippen molar-refractivity contribution < 1.29 is 4.79 Å². The molecule has 1 amide bonds. The van der Waals surface area contributed by atoms with Gasteiger partial charge in [-0.05, 0) is 63.0 Å². The highest BCUT2D eigenvalue weighted by atomic mass is 79.9. The van der Waals surface area contributed by atoms with Crippen molar-refractivity contribution in [3.63, 3.8) is 0 Å². The standard InChI is InChI=1S/C21H28BrN3O/c1-3-17-14-18(23-19-13-16(22)7-12-25(17)19)20(26)24-11-6-10-21(15(24)2)8-4-5-9-21/h4-5,13-16H,3,6-12H2,1-2H3. The van der Waals surface area contributed by atoms with Gasteiger partial charge >= 0.3 is 0 Å². The van der Waals surface area contributed by atoms with Gasteiger partial charge in [0.05, 0.1) is 0 Å². The van der Waals surface area contributed by atoms with Crippen molar-refractivity contribution in [1.82, 2.24) is 9.80 Å². The van der Waals surface area contributed by atoms with Crippen LogP contribution >= 0.6 is 15.9 Å². The molecule has 0 saturated carbocycles. The van der Waals surface area contributed by atoms with Crippen LogP contribution in [0.5, 0.6) is 0 Å². The van der Waals surface area contributed by atoms with E-state index in [1.165, 1.54) is 12.1 Å². The number of nitrogens with zero attached hydrogens (tertiary/aromatic N) is 3. The third kappa shape index (κ3) is 2.98. The van der Waals surface area contributed by atoms with Crippen molar-refractivity contribution in [1.29, 1.82) is 0 Å². The molecule has 26 heavy (non-hydrogen) atoms. The highest BCUT2D eigenvalue weighted by Crippen LogP contribution is 2.46. The number of likely N-dealkylation sites (tertiary alicyclic amines) is 1. The lowest BCUT2D eigenvalue weighted by molar-refractivity contribution is -0.131. The average molecular weight is 418 g/mol. The Morgan fingerprint density at radius 2 is 2.12 bits per heavy atom. The molecule has 4 aliphatic rings. The second kappa shape index (κ2) is 6.99. The fourth-order valence-electron chi connectivity index (χ4n) is 4.91. The molecule has 1 spiro atoms. The van der Waals surface area contributed by atoms with Crippen LogP contribution in [0.25, 0.3) is 0 Å². The van der Waals surface area contributed by atoms with Crippen molar-refractivity contribution in [2.24, 2.45) is 10.4 Å². The Kier molecular flexibility index (Phi) is 4.84. The molecule has 0 aromatic heterocycles. The van der Waals surface area contributed by atoms with Crippen LogP contribution < -0.4 is 0 Å². The van der Waals surface area contributed by atoms with E-state index in [1.54, 1.807) is 0 Å². The molecule has 4 rings (SSSR count). The maximum atomic E-state index is 13.4. The van der Waals surface area contributed by atoms with E-state index in [-0.39, 0.29) is 17.4 Å². The van der Waals surface area contributed by atoms with E-state index in [2.05, 4.69) is 57.8 Å². The Labute approximate surface area is 164 Å². The second-order valence-electron chi connectivity index (χ2n) is 7.99. The van der Waals surface area contributed by atoms with Gasteiger partial charge in [-0.25, -0.2) is 4.99 Å². The predicted molar refractivity (Wildman–Crippen MR) is 109 cm³/mol. The van der Waals surface area contributed by atoms with Gasteiger partial charge in [0.25, 0.3) is 5.91 Å². The van der Waals surface area contributed by atoms with E-state index < -0.39 is 0 Å². The fourth-order valence-corrected chi connectivity index (χ4v) is 5.35. The normalized spacial score (nSPS) is 30.0. The summed E-state index contributed by atoms with van der Waals surface area (Å²) in [6, 6.07) is 0.266. The lowest BCUT2D eigenvalue weighted by Crippen LogP contribution is -2.54. The number of amides is 1. The summed E-state index contributed by atoms with van der Waals surface area (Å²) in [6.45, 7) is 6.19. The summed E-state index contributed by atoms with van der Waals surface area (Å²) < 4.78 is 0. The molecule has 3 heterocycles. The zero-order valence-electron chi connectivity index (χ0n) is 15.7. The molecule has 0 bridgehead atoms. The molecule has 0 radical (unpaired) electrons. The molecule has 0 N–H and O–H groups in total. The number of hydrogen-bond donors (Lipinski definition) is 0. The first-order valence-electron chi connectivity index (χ1n) is 9.93. The van der Waals surface area contributed by atoms with Crippen LogP contribution in [-0.4, -0.2) is 45.4 Å². The summed E-state index contributed by atoms with van der Waals surface area (Å²) in [6.07, 6.45) is 15.2. The highest BCUT2D eigenvalue weighted by Gasteiger charge is 2.44. The zero-order valence-corrected chi connectivity index (χ0v) is 17.3. The SMILES string of the molecule is CCC1=CC(C(=O)N2CCCC3(CC=CC3)C2C)=NC2=CC(Br)CCN12. The van der Waals surface area contributed by atoms with E-state index in [9.17, 15) is 4.79 Å². The van der Waals surface area contributed by atoms with Crippen LogP contribution in [0.1, 0.15) is 52.4 Å². The number of piperidine rings is 1. The van der Waals surface area contributed by atoms with Crippen molar-refractivity contribution in [3.8, 4) is 0 Å². The van der Waals surface area contributed by atoms with Gasteiger partial charge in [-0.15, -0.1) is 0 Å². The van der Waals surface area contributed by atoms with Gasteiger partial charge in [-0.3, -0.25) is 4.79 Å². The third-order valence-corrected chi connectivity index (χ3v) is 7.33. The Morgan fingerprint density at radius 1 is 1.35 bits per heavy atom. The number of hydrogen-bond acceptors (Lipinski definition) is 3. The maximum Gasteiger partial charge on any atom is 0.272 e. The summed E-state index contributed by atoms with van der Waals surface area (Å²) in [7, 11) is 0. The molecule has 1 saturated heterocycles. The van der Waals surface area contributed by atoms with Crippen LogP contribution in [0, 0.1) is 5.41 Å². The summed E-state index contributed by atoms with van der Waals surface area (Å²) in [5.41, 5.74) is 2.06. The van der Waals surface area contributed by atoms with Crippen LogP contribution in [-0.2, 0) is 4.79 Å². The number of carbonyl (C=O) groups is 1. The first kappa shape index (κ1) is 18.0. The number of aliphatic imine (C=N–C) groups is 1. The Morgan fingerprint density at radius 3 is 2.85 bits per heavy atom. The predicted octanol–water partition coefficient (Wildman–Crippen LogP) is 4.39. The van der Waals surface area contributed by atoms with Crippen molar-refractivity contribution >= 4 is 27.5 Å². The van der Waals surface area contributed by atoms with Gasteiger partial charge in [0.15, 0.2) is 0 Å². The number of allylic oxidation sites excluding steroid dienone is 4. The minimum atomic E-state index is 0.103. The molecule has 0 aromatic rings. The Hall–Kier alpha value is -1.36. The minimum absolute atomic E-state index is 0.103. The second-order valence-corrected chi connectivity index (χ2v) is 9.16. The molecule has 2 atom stereocenters. The van der Waals surface area contributed by atoms with Gasteiger partial charge in [-0.2, -0.15) is 0 Å². The molecule has 4 nitrogen and oxygen atoms in total. The number of fused-ring (bicyclic) bond motifs is 1. The summed E-state index contributed by atoms with van der Waals surface area (Å²) >= 11 is 3.68. The molecular formula is C21H28BrN3O. The highest BCUT2D eigenvalue weighted by molar-refractivity contribution is 9.09. The van der Waals surface area contributed by atoms with Crippen molar-refractivity contribution in [2.75, 3.05) is 13.1 Å². The van der Waals surface area contributed by atoms with Crippen LogP contribution in [0.3, 0.4) is 0 Å². The van der Waals surface area contributed by atoms with E-state index in [1.807, 2.05) is 6.08 Å². The molecule has 140 valence electrons. The summed E-state index contributed by atoms with van der Waals surface area (Å²) in [4.78, 5) is 22.8. The van der Waals surface area contributed by atoms with Crippen LogP contribution in [0.15, 0.2) is 40.8 Å². The molecule has 1 fully saturated rings. The molecule has 5 heteroatoms. The van der Waals surface area contributed by atoms with Gasteiger partial charge in [0.2, 0.25) is 0 Å². The lowest BCUT2D eigenvalue weighted by Gasteiger charge is -2.47. The quantitative estimate of drug-likeness (QED) is 0.493. The fraction of sp³-hybridized carbons (Fsp3) is 0.619. The Balaban J connectivity index is 1.62. The maximum absolute atomic E-state index is 13.4. The summed E-state index contributed by atoms with van der Waals surface area (Å²) in [5, 5.41) is 0. The van der Waals surface area contributed by atoms with Crippen molar-refractivity contribution in [3.05, 3.63) is 35.8 Å². The number of rotatable bonds is 2. The topological polar surface area (TPSA) is 35.9 Å². The Bertz CT molecular complexity index is 713. The first-order chi connectivity index (χ1) is 12.5. The molecule has 3 aliphatic heterocycles. The number of alkyl halides is 1. The zero-order chi connectivity index (χ0) is 18.3. The van der Waals surface area contributed by atoms with E-state index in [0.717, 1.165) is 51.0 Å². The molecule has 1 aliphatic carbocycles. The van der Waals surface area contributed by atoms with Gasteiger partial charge in [0.1, 0.15) is 11.5 Å². The third-order valence-electron chi connectivity index (χ3n) is 6.61. The monoisotopic (exact) mass is 417 g/mol. The number of carbonyl (C=O) groups excluding carboxylic acids is 1. The van der Waals surface area contributed by atoms with E-state index in [0.29, 0.717) is 10.5 Å². The lowest BCUT2D eigenvalue weighted by atomic mass is 9.71. The van der Waals surface area contributed by atoms with Crippen LogP contribution in [0.2, 0.25) is 0 Å². The average Bonchev–Trinajstić information content (AvgIpc) is 3.11. The molecule has 2 unspecified atom stereocenters. The smallest absolute Gasteiger partial charge is 0.272 e. The molecular weight excluding hydrogens is 390 g/mol. The minimum Gasteiger partial charge on any atom is -0.334 e. The summed E-state index contributed by atoms with van der Waals surface area (Å²) in [5.74, 6) is 1.04. The van der Waals surface area contributed by atoms with E-state index >= 15 is 0 Å². The van der Waals surface area contributed by atoms with Crippen molar-refractivity contribution in [2.45, 2.75) is 63.2 Å². The number of halogens is 1. The molecule has 0 aromatic carbocycles.